The number of hydrogen-bond donors (Lipinski definition) is 0. The van der Waals surface area contributed by atoms with Crippen molar-refractivity contribution in [3.8, 4) is 22.5 Å². The van der Waals surface area contributed by atoms with Crippen LogP contribution in [0.4, 0.5) is 0 Å². The van der Waals surface area contributed by atoms with Crippen molar-refractivity contribution in [2.45, 2.75) is 5.92 Å². The number of hydrogen-bond acceptors (Lipinski definition) is 0. The van der Waals surface area contributed by atoms with Gasteiger partial charge in [-0.2, -0.15) is 0 Å². The molecular formula is C44H33N2P. The summed E-state index contributed by atoms with van der Waals surface area (Å²) in [6.45, 7) is 0.417. The Morgan fingerprint density at radius 3 is 1.15 bits per heavy atom. The van der Waals surface area contributed by atoms with Crippen LogP contribution in [-0.2, 0) is 0 Å². The molecule has 9 aromatic rings. The fourth-order valence-corrected chi connectivity index (χ4v) is 7.96. The molecule has 0 N–H and O–H groups in total. The molecule has 2 nitrogen and oxygen atoms in total. The average Bonchev–Trinajstić information content (AvgIpc) is 3.78. The van der Waals surface area contributed by atoms with Gasteiger partial charge in [0.05, 0.1) is 22.1 Å². The summed E-state index contributed by atoms with van der Waals surface area (Å²) in [6.07, 6.45) is 0. The van der Waals surface area contributed by atoms with E-state index in [9.17, 15) is 0 Å². The monoisotopic (exact) mass is 622 g/mol. The fraction of sp³-hybridized carbons (Fsp3) is 0.0455. The maximum absolute atomic E-state index is 6.17. The SMILES string of the molecule is [3H]CP.c1ccc2c(c1)-c1ccccc1C2c1cc(-n2c3ccccc3c3ccccc32)cc(-n2c3ccccc3c3ccccc32)c1. The van der Waals surface area contributed by atoms with Crippen LogP contribution in [0.3, 0.4) is 0 Å². The van der Waals surface area contributed by atoms with E-state index in [0.717, 1.165) is 0 Å². The Balaban J connectivity index is 0.00000101. The third-order valence-electron chi connectivity index (χ3n) is 9.77. The molecule has 0 bridgehead atoms. The molecule has 1 atom stereocenters. The quantitative estimate of drug-likeness (QED) is 0.174. The van der Waals surface area contributed by atoms with E-state index in [-0.39, 0.29) is 5.92 Å². The molecule has 7 aromatic carbocycles. The largest absolute Gasteiger partial charge is 0.309 e. The normalized spacial score (nSPS) is 12.7. The summed E-state index contributed by atoms with van der Waals surface area (Å²) >= 11 is 0. The van der Waals surface area contributed by atoms with Gasteiger partial charge in [-0.1, -0.05) is 128 Å². The van der Waals surface area contributed by atoms with E-state index < -0.39 is 0 Å². The molecule has 0 saturated heterocycles. The Morgan fingerprint density at radius 1 is 0.447 bits per heavy atom. The highest BCUT2D eigenvalue weighted by Gasteiger charge is 2.30. The van der Waals surface area contributed by atoms with Crippen LogP contribution in [0, 0.1) is 0 Å². The molecule has 224 valence electrons. The molecule has 0 aliphatic heterocycles. The molecule has 1 unspecified atom stereocenters. The second-order valence-electron chi connectivity index (χ2n) is 12.1. The van der Waals surface area contributed by atoms with Crippen molar-refractivity contribution in [3.63, 3.8) is 0 Å². The van der Waals surface area contributed by atoms with Crippen LogP contribution in [0.1, 0.15) is 24.0 Å². The smallest absolute Gasteiger partial charge is 0.0541 e. The van der Waals surface area contributed by atoms with Gasteiger partial charge >= 0.3 is 0 Å². The summed E-state index contributed by atoms with van der Waals surface area (Å²) in [5, 5.41) is 5.09. The van der Waals surface area contributed by atoms with E-state index in [1.807, 2.05) is 0 Å². The molecule has 10 rings (SSSR count). The van der Waals surface area contributed by atoms with E-state index >= 15 is 0 Å². The zero-order valence-electron chi connectivity index (χ0n) is 26.8. The molecule has 0 saturated carbocycles. The van der Waals surface area contributed by atoms with Crippen molar-refractivity contribution in [2.24, 2.45) is 0 Å². The first kappa shape index (κ1) is 26.8. The molecule has 0 fully saturated rings. The van der Waals surface area contributed by atoms with E-state index in [1.165, 1.54) is 82.8 Å². The van der Waals surface area contributed by atoms with Gasteiger partial charge in [-0.15, -0.1) is 9.24 Å². The second-order valence-corrected chi connectivity index (χ2v) is 12.1. The van der Waals surface area contributed by atoms with Crippen molar-refractivity contribution in [3.05, 3.63) is 180 Å². The van der Waals surface area contributed by atoms with Crippen LogP contribution in [0.25, 0.3) is 66.1 Å². The van der Waals surface area contributed by atoms with Crippen LogP contribution >= 0.6 is 9.24 Å². The minimum atomic E-state index is 0.136. The van der Waals surface area contributed by atoms with E-state index in [2.05, 4.69) is 182 Å². The topological polar surface area (TPSA) is 9.86 Å². The van der Waals surface area contributed by atoms with Crippen molar-refractivity contribution in [1.82, 2.24) is 9.13 Å². The zero-order valence-corrected chi connectivity index (χ0v) is 27.0. The highest BCUT2D eigenvalue weighted by atomic mass is 31.0. The summed E-state index contributed by atoms with van der Waals surface area (Å²) in [5.74, 6) is 0.136. The van der Waals surface area contributed by atoms with Crippen molar-refractivity contribution in [1.29, 1.82) is 0 Å². The Kier molecular flexibility index (Phi) is 6.33. The van der Waals surface area contributed by atoms with Gasteiger partial charge in [0.2, 0.25) is 0 Å². The van der Waals surface area contributed by atoms with Gasteiger partial charge in [-0.05, 0) is 70.3 Å². The summed E-state index contributed by atoms with van der Waals surface area (Å²) in [5.41, 5.74) is 13.9. The number of nitrogens with zero attached hydrogens (tertiary/aromatic N) is 2. The lowest BCUT2D eigenvalue weighted by Crippen LogP contribution is -2.05. The van der Waals surface area contributed by atoms with E-state index in [4.69, 9.17) is 1.37 Å². The van der Waals surface area contributed by atoms with E-state index in [1.54, 1.807) is 0 Å². The summed E-state index contributed by atoms with van der Waals surface area (Å²) in [7, 11) is 2.25. The van der Waals surface area contributed by atoms with E-state index in [0.29, 0.717) is 6.64 Å². The van der Waals surface area contributed by atoms with Gasteiger partial charge < -0.3 is 9.13 Å². The first-order valence-electron chi connectivity index (χ1n) is 16.8. The summed E-state index contributed by atoms with van der Waals surface area (Å²) < 4.78 is 11.1. The van der Waals surface area contributed by atoms with Gasteiger partial charge in [0.1, 0.15) is 0 Å². The molecule has 0 spiro atoms. The minimum Gasteiger partial charge on any atom is -0.309 e. The molecule has 1 aliphatic carbocycles. The number of benzene rings is 7. The van der Waals surface area contributed by atoms with Gasteiger partial charge in [0.25, 0.3) is 0 Å². The number of fused-ring (bicyclic) bond motifs is 9. The second kappa shape index (κ2) is 11.1. The van der Waals surface area contributed by atoms with Crippen molar-refractivity contribution < 1.29 is 1.37 Å². The fourth-order valence-electron chi connectivity index (χ4n) is 7.96. The van der Waals surface area contributed by atoms with Crippen LogP contribution in [0.15, 0.2) is 164 Å². The highest BCUT2D eigenvalue weighted by Crippen LogP contribution is 2.49. The van der Waals surface area contributed by atoms with Crippen LogP contribution < -0.4 is 0 Å². The van der Waals surface area contributed by atoms with Crippen molar-refractivity contribution >= 4 is 52.9 Å². The van der Waals surface area contributed by atoms with Gasteiger partial charge in [0.15, 0.2) is 0 Å². The lowest BCUT2D eigenvalue weighted by atomic mass is 9.88. The first-order valence-corrected chi connectivity index (χ1v) is 16.9. The van der Waals surface area contributed by atoms with Crippen LogP contribution in [-0.4, -0.2) is 15.8 Å². The van der Waals surface area contributed by atoms with Gasteiger partial charge in [-0.25, -0.2) is 0 Å². The Morgan fingerprint density at radius 2 is 0.766 bits per heavy atom. The van der Waals surface area contributed by atoms with Gasteiger partial charge in [-0.3, -0.25) is 0 Å². The molecule has 47 heavy (non-hydrogen) atoms. The zero-order chi connectivity index (χ0) is 32.2. The van der Waals surface area contributed by atoms with Crippen LogP contribution in [0.2, 0.25) is 0 Å². The molecule has 1 aliphatic rings. The molecule has 0 amide bonds. The molecule has 2 aromatic heterocycles. The predicted octanol–water partition coefficient (Wildman–Crippen LogP) is 11.5. The number of para-hydroxylation sites is 4. The third-order valence-corrected chi connectivity index (χ3v) is 9.77. The van der Waals surface area contributed by atoms with Gasteiger partial charge in [0, 0.05) is 40.2 Å². The van der Waals surface area contributed by atoms with Crippen molar-refractivity contribution in [2.75, 3.05) is 6.64 Å². The number of rotatable bonds is 3. The Bertz CT molecular complexity index is 2360. The maximum atomic E-state index is 6.17. The standard InChI is InChI=1S/C43H28N2.CH5P/c1-3-19-37-31(13-1)32-14-2-4-20-38(32)43(37)28-25-29(44-39-21-9-5-15-33(39)34-16-6-10-22-40(34)44)27-30(26-28)45-41-23-11-7-17-35(41)36-18-8-12-24-42(36)45;1-2/h1-27,43H;2H2,1H3/i;1T. The lowest BCUT2D eigenvalue weighted by molar-refractivity contribution is 0.997. The molecule has 2 heterocycles. The third kappa shape index (κ3) is 4.15. The summed E-state index contributed by atoms with van der Waals surface area (Å²) in [4.78, 5) is 0. The lowest BCUT2D eigenvalue weighted by Gasteiger charge is -2.20. The average molecular weight is 623 g/mol. The maximum Gasteiger partial charge on any atom is 0.0541 e. The minimum absolute atomic E-state index is 0.136. The highest BCUT2D eigenvalue weighted by molar-refractivity contribution is 7.15. The molecular weight excluding hydrogens is 587 g/mol. The Labute approximate surface area is 278 Å². The first-order chi connectivity index (χ1) is 23.8. The number of aromatic nitrogens is 2. The van der Waals surface area contributed by atoms with Crippen LogP contribution in [0.5, 0.6) is 0 Å². The Hall–Kier alpha value is -5.43. The predicted molar refractivity (Wildman–Crippen MR) is 204 cm³/mol. The summed E-state index contributed by atoms with van der Waals surface area (Å²) in [6, 6.07) is 60.3. The molecule has 0 radical (unpaired) electrons. The molecule has 3 heteroatoms.